The van der Waals surface area contributed by atoms with Crippen molar-refractivity contribution >= 4 is 21.6 Å². The van der Waals surface area contributed by atoms with Gasteiger partial charge in [0.05, 0.1) is 18.0 Å². The van der Waals surface area contributed by atoms with Gasteiger partial charge in [-0.05, 0) is 50.2 Å². The molecule has 0 spiro atoms. The summed E-state index contributed by atoms with van der Waals surface area (Å²) in [5.74, 6) is 0.604. The predicted molar refractivity (Wildman–Crippen MR) is 113 cm³/mol. The number of nitrogens with one attached hydrogen (secondary N) is 1. The fraction of sp³-hybridized carbons (Fsp3) is 0.381. The van der Waals surface area contributed by atoms with Gasteiger partial charge in [-0.15, -0.1) is 0 Å². The molecule has 156 valence electrons. The number of piperazine rings is 1. The minimum absolute atomic E-state index is 0.120. The molecule has 2 aromatic rings. The Kier molecular flexibility index (Phi) is 6.56. The van der Waals surface area contributed by atoms with Crippen LogP contribution in [0.5, 0.6) is 5.75 Å². The molecule has 0 saturated carbocycles. The number of hydrogen-bond donors (Lipinski definition) is 1. The van der Waals surface area contributed by atoms with E-state index < -0.39 is 10.0 Å². The van der Waals surface area contributed by atoms with Crippen LogP contribution < -0.4 is 10.1 Å². The van der Waals surface area contributed by atoms with Crippen molar-refractivity contribution in [2.24, 2.45) is 0 Å². The van der Waals surface area contributed by atoms with Crippen LogP contribution in [0.3, 0.4) is 0 Å². The van der Waals surface area contributed by atoms with E-state index in [-0.39, 0.29) is 11.9 Å². The Hall–Kier alpha value is -2.42. The van der Waals surface area contributed by atoms with E-state index in [1.807, 2.05) is 18.7 Å². The highest BCUT2D eigenvalue weighted by molar-refractivity contribution is 7.89. The second-order valence-electron chi connectivity index (χ2n) is 7.15. The maximum atomic E-state index is 12.8. The highest BCUT2D eigenvalue weighted by Crippen LogP contribution is 2.20. The van der Waals surface area contributed by atoms with E-state index >= 15 is 0 Å². The summed E-state index contributed by atoms with van der Waals surface area (Å²) in [7, 11) is -1.92. The summed E-state index contributed by atoms with van der Waals surface area (Å²) in [4.78, 5) is 14.9. The lowest BCUT2D eigenvalue weighted by Gasteiger charge is -2.36. The molecule has 8 heteroatoms. The van der Waals surface area contributed by atoms with Gasteiger partial charge in [0.1, 0.15) is 5.75 Å². The number of hydrogen-bond acceptors (Lipinski definition) is 5. The molecule has 29 heavy (non-hydrogen) atoms. The van der Waals surface area contributed by atoms with Gasteiger partial charge in [0.2, 0.25) is 15.9 Å². The molecule has 2 aromatic carbocycles. The molecule has 1 amide bonds. The number of benzene rings is 2. The number of rotatable bonds is 6. The summed E-state index contributed by atoms with van der Waals surface area (Å²) < 4.78 is 32.2. The van der Waals surface area contributed by atoms with Crippen LogP contribution >= 0.6 is 0 Å². The standard InChI is InChI=1S/C21H27N3O4S/c1-16-4-10-20(11-5-16)29(26,27)24-14-12-23(13-15-24)17(2)21(25)22-18-6-8-19(28-3)9-7-18/h4-11,17H,12-15H2,1-3H3,(H,22,25)/t17-/m0/s1. The van der Waals surface area contributed by atoms with Crippen molar-refractivity contribution in [3.05, 3.63) is 54.1 Å². The van der Waals surface area contributed by atoms with Crippen LogP contribution in [0, 0.1) is 6.92 Å². The van der Waals surface area contributed by atoms with Crippen LogP contribution in [-0.2, 0) is 14.8 Å². The molecule has 3 rings (SSSR count). The molecule has 0 aromatic heterocycles. The summed E-state index contributed by atoms with van der Waals surface area (Å²) in [5, 5.41) is 2.89. The topological polar surface area (TPSA) is 79.0 Å². The number of nitrogens with zero attached hydrogens (tertiary/aromatic N) is 2. The van der Waals surface area contributed by atoms with Crippen molar-refractivity contribution in [3.8, 4) is 5.75 Å². The van der Waals surface area contributed by atoms with Crippen LogP contribution in [0.4, 0.5) is 5.69 Å². The zero-order valence-electron chi connectivity index (χ0n) is 17.0. The Morgan fingerprint density at radius 2 is 1.59 bits per heavy atom. The van der Waals surface area contributed by atoms with Gasteiger partial charge in [-0.3, -0.25) is 9.69 Å². The largest absolute Gasteiger partial charge is 0.497 e. The number of aryl methyl sites for hydroxylation is 1. The Balaban J connectivity index is 1.57. The average Bonchev–Trinajstić information content (AvgIpc) is 2.74. The van der Waals surface area contributed by atoms with Crippen molar-refractivity contribution in [3.63, 3.8) is 0 Å². The van der Waals surface area contributed by atoms with Crippen molar-refractivity contribution in [2.45, 2.75) is 24.8 Å². The molecule has 0 bridgehead atoms. The zero-order chi connectivity index (χ0) is 21.0. The number of carbonyl (C=O) groups is 1. The van der Waals surface area contributed by atoms with Gasteiger partial charge in [-0.2, -0.15) is 4.31 Å². The highest BCUT2D eigenvalue weighted by Gasteiger charge is 2.31. The molecule has 1 aliphatic rings. The lowest BCUT2D eigenvalue weighted by atomic mass is 10.2. The number of amides is 1. The Bertz CT molecular complexity index is 935. The maximum absolute atomic E-state index is 12.8. The first kappa shape index (κ1) is 21.3. The molecule has 1 atom stereocenters. The fourth-order valence-corrected chi connectivity index (χ4v) is 4.70. The van der Waals surface area contributed by atoms with Crippen LogP contribution in [0.1, 0.15) is 12.5 Å². The minimum Gasteiger partial charge on any atom is -0.497 e. The molecule has 1 aliphatic heterocycles. The van der Waals surface area contributed by atoms with Crippen molar-refractivity contribution < 1.29 is 17.9 Å². The van der Waals surface area contributed by atoms with Gasteiger partial charge in [0, 0.05) is 31.9 Å². The van der Waals surface area contributed by atoms with E-state index in [1.165, 1.54) is 4.31 Å². The van der Waals surface area contributed by atoms with Crippen LogP contribution in [-0.4, -0.2) is 62.9 Å². The Morgan fingerprint density at radius 3 is 2.14 bits per heavy atom. The van der Waals surface area contributed by atoms with Gasteiger partial charge in [0.25, 0.3) is 0 Å². The van der Waals surface area contributed by atoms with Crippen LogP contribution in [0.15, 0.2) is 53.4 Å². The minimum atomic E-state index is -3.51. The highest BCUT2D eigenvalue weighted by atomic mass is 32.2. The number of sulfonamides is 1. The zero-order valence-corrected chi connectivity index (χ0v) is 17.8. The van der Waals surface area contributed by atoms with E-state index in [1.54, 1.807) is 55.6 Å². The van der Waals surface area contributed by atoms with E-state index in [0.29, 0.717) is 36.8 Å². The Morgan fingerprint density at radius 1 is 1.00 bits per heavy atom. The van der Waals surface area contributed by atoms with Gasteiger partial charge >= 0.3 is 0 Å². The number of carbonyl (C=O) groups excluding carboxylic acids is 1. The third-order valence-corrected chi connectivity index (χ3v) is 7.13. The van der Waals surface area contributed by atoms with Crippen molar-refractivity contribution in [1.82, 2.24) is 9.21 Å². The number of anilines is 1. The summed E-state index contributed by atoms with van der Waals surface area (Å²) >= 11 is 0. The quantitative estimate of drug-likeness (QED) is 0.781. The lowest BCUT2D eigenvalue weighted by molar-refractivity contribution is -0.121. The Labute approximate surface area is 172 Å². The molecular formula is C21H27N3O4S. The molecule has 1 saturated heterocycles. The van der Waals surface area contributed by atoms with Crippen LogP contribution in [0.25, 0.3) is 0 Å². The molecular weight excluding hydrogens is 390 g/mol. The van der Waals surface area contributed by atoms with E-state index in [2.05, 4.69) is 5.32 Å². The first-order chi connectivity index (χ1) is 13.8. The summed E-state index contributed by atoms with van der Waals surface area (Å²) in [5.41, 5.74) is 1.72. The van der Waals surface area contributed by atoms with Gasteiger partial charge in [0.15, 0.2) is 0 Å². The number of ether oxygens (including phenoxy) is 1. The molecule has 1 fully saturated rings. The molecule has 0 radical (unpaired) electrons. The fourth-order valence-electron chi connectivity index (χ4n) is 3.28. The normalized spacial score (nSPS) is 16.9. The maximum Gasteiger partial charge on any atom is 0.243 e. The SMILES string of the molecule is COc1ccc(NC(=O)[C@H](C)N2CCN(S(=O)(=O)c3ccc(C)cc3)CC2)cc1. The second kappa shape index (κ2) is 8.94. The average molecular weight is 418 g/mol. The first-order valence-electron chi connectivity index (χ1n) is 9.57. The van der Waals surface area contributed by atoms with Crippen LogP contribution in [0.2, 0.25) is 0 Å². The van der Waals surface area contributed by atoms with Gasteiger partial charge in [-0.1, -0.05) is 17.7 Å². The van der Waals surface area contributed by atoms with E-state index in [4.69, 9.17) is 4.74 Å². The first-order valence-corrected chi connectivity index (χ1v) is 11.0. The molecule has 0 unspecified atom stereocenters. The third kappa shape index (κ3) is 4.95. The van der Waals surface area contributed by atoms with E-state index in [9.17, 15) is 13.2 Å². The third-order valence-electron chi connectivity index (χ3n) is 5.22. The predicted octanol–water partition coefficient (Wildman–Crippen LogP) is 2.34. The van der Waals surface area contributed by atoms with Crippen molar-refractivity contribution in [1.29, 1.82) is 0 Å². The van der Waals surface area contributed by atoms with Crippen molar-refractivity contribution in [2.75, 3.05) is 38.6 Å². The van der Waals surface area contributed by atoms with Gasteiger partial charge in [-0.25, -0.2) is 8.42 Å². The molecule has 1 heterocycles. The summed E-state index contributed by atoms with van der Waals surface area (Å²) in [6.07, 6.45) is 0. The monoisotopic (exact) mass is 417 g/mol. The summed E-state index contributed by atoms with van der Waals surface area (Å²) in [6.45, 7) is 5.48. The molecule has 7 nitrogen and oxygen atoms in total. The van der Waals surface area contributed by atoms with Gasteiger partial charge < -0.3 is 10.1 Å². The summed E-state index contributed by atoms with van der Waals surface area (Å²) in [6, 6.07) is 13.7. The number of methoxy groups -OCH3 is 1. The second-order valence-corrected chi connectivity index (χ2v) is 9.08. The smallest absolute Gasteiger partial charge is 0.243 e. The molecule has 1 N–H and O–H groups in total. The van der Waals surface area contributed by atoms with E-state index in [0.717, 1.165) is 11.3 Å². The lowest BCUT2D eigenvalue weighted by Crippen LogP contribution is -2.53. The molecule has 0 aliphatic carbocycles.